The summed E-state index contributed by atoms with van der Waals surface area (Å²) in [7, 11) is 0. The molecule has 27 heavy (non-hydrogen) atoms. The first-order chi connectivity index (χ1) is 13.0. The van der Waals surface area contributed by atoms with Crippen molar-refractivity contribution in [2.24, 2.45) is 0 Å². The van der Waals surface area contributed by atoms with Crippen LogP contribution in [-0.4, -0.2) is 42.1 Å². The highest BCUT2D eigenvalue weighted by atomic mass is 79.9. The van der Waals surface area contributed by atoms with Crippen molar-refractivity contribution in [3.8, 4) is 0 Å². The zero-order valence-corrected chi connectivity index (χ0v) is 17.0. The first kappa shape index (κ1) is 19.3. The number of anilines is 4. The lowest BCUT2D eigenvalue weighted by Gasteiger charge is -2.28. The van der Waals surface area contributed by atoms with E-state index in [9.17, 15) is 0 Å². The third kappa shape index (κ3) is 5.51. The molecule has 1 aromatic heterocycles. The van der Waals surface area contributed by atoms with E-state index in [-0.39, 0.29) is 5.84 Å². The molecule has 0 spiro atoms. The Bertz CT molecular complexity index is 827. The molecule has 0 aliphatic carbocycles. The second-order valence-corrected chi connectivity index (χ2v) is 7.28. The van der Waals surface area contributed by atoms with Gasteiger partial charge in [-0.25, -0.2) is 4.98 Å². The van der Waals surface area contributed by atoms with Crippen LogP contribution in [0.2, 0.25) is 0 Å². The predicted molar refractivity (Wildman–Crippen MR) is 113 cm³/mol. The summed E-state index contributed by atoms with van der Waals surface area (Å²) in [6.07, 6.45) is 3.40. The number of nitrogens with zero attached hydrogens (tertiary/aromatic N) is 3. The molecule has 1 aromatic carbocycles. The number of hydrogen-bond donors (Lipinski definition) is 3. The Kier molecular flexibility index (Phi) is 6.41. The van der Waals surface area contributed by atoms with E-state index in [4.69, 9.17) is 10.1 Å². The summed E-state index contributed by atoms with van der Waals surface area (Å²) in [5, 5.41) is 14.1. The molecule has 1 saturated heterocycles. The number of aromatic nitrogens is 2. The van der Waals surface area contributed by atoms with Crippen molar-refractivity contribution in [3.63, 3.8) is 0 Å². The van der Waals surface area contributed by atoms with Crippen molar-refractivity contribution in [1.29, 1.82) is 5.41 Å². The van der Waals surface area contributed by atoms with E-state index in [2.05, 4.69) is 53.6 Å². The van der Waals surface area contributed by atoms with Crippen LogP contribution in [0.15, 0.2) is 46.6 Å². The van der Waals surface area contributed by atoms with Gasteiger partial charge in [-0.2, -0.15) is 4.98 Å². The van der Waals surface area contributed by atoms with Gasteiger partial charge in [-0.05, 0) is 60.1 Å². The number of benzene rings is 1. The summed E-state index contributed by atoms with van der Waals surface area (Å²) in [5.74, 6) is 1.28. The van der Waals surface area contributed by atoms with Crippen LogP contribution in [-0.2, 0) is 4.74 Å². The summed E-state index contributed by atoms with van der Waals surface area (Å²) in [4.78, 5) is 11.0. The Balaban J connectivity index is 1.69. The van der Waals surface area contributed by atoms with Crippen molar-refractivity contribution in [2.45, 2.75) is 13.8 Å². The average molecular weight is 431 g/mol. The third-order valence-electron chi connectivity index (χ3n) is 3.93. The molecule has 0 saturated carbocycles. The fourth-order valence-electron chi connectivity index (χ4n) is 2.67. The molecule has 0 radical (unpaired) electrons. The first-order valence-corrected chi connectivity index (χ1v) is 9.53. The van der Waals surface area contributed by atoms with Gasteiger partial charge in [0.25, 0.3) is 0 Å². The SMILES string of the molecule is CC(C)=CC(=N)Nc1nc(Nc2ccc(N3CCOCC3)cc2)ncc1Br. The largest absolute Gasteiger partial charge is 0.378 e. The van der Waals surface area contributed by atoms with Crippen LogP contribution < -0.4 is 15.5 Å². The maximum Gasteiger partial charge on any atom is 0.229 e. The van der Waals surface area contributed by atoms with E-state index in [0.717, 1.165) is 37.6 Å². The van der Waals surface area contributed by atoms with Crippen molar-refractivity contribution in [3.05, 3.63) is 46.6 Å². The Labute approximate surface area is 167 Å². The highest BCUT2D eigenvalue weighted by Crippen LogP contribution is 2.24. The second kappa shape index (κ2) is 8.96. The molecular weight excluding hydrogens is 408 g/mol. The summed E-state index contributed by atoms with van der Waals surface area (Å²) in [6.45, 7) is 7.25. The monoisotopic (exact) mass is 430 g/mol. The molecule has 0 unspecified atom stereocenters. The Morgan fingerprint density at radius 1 is 1.22 bits per heavy atom. The van der Waals surface area contributed by atoms with Gasteiger partial charge in [-0.1, -0.05) is 5.57 Å². The number of allylic oxidation sites excluding steroid dienone is 1. The normalized spacial score (nSPS) is 13.8. The fraction of sp³-hybridized carbons (Fsp3) is 0.316. The van der Waals surface area contributed by atoms with Gasteiger partial charge < -0.3 is 20.3 Å². The van der Waals surface area contributed by atoms with E-state index in [1.807, 2.05) is 26.0 Å². The van der Waals surface area contributed by atoms with Crippen LogP contribution in [0.25, 0.3) is 0 Å². The van der Waals surface area contributed by atoms with Crippen LogP contribution in [0.5, 0.6) is 0 Å². The van der Waals surface area contributed by atoms with E-state index >= 15 is 0 Å². The van der Waals surface area contributed by atoms with Crippen molar-refractivity contribution < 1.29 is 4.74 Å². The minimum absolute atomic E-state index is 0.273. The van der Waals surface area contributed by atoms with Crippen LogP contribution in [0.3, 0.4) is 0 Å². The van der Waals surface area contributed by atoms with Gasteiger partial charge in [0.1, 0.15) is 5.84 Å². The van der Waals surface area contributed by atoms with E-state index in [1.54, 1.807) is 12.3 Å². The number of morpholine rings is 1. The predicted octanol–water partition coefficient (Wildman–Crippen LogP) is 4.17. The third-order valence-corrected chi connectivity index (χ3v) is 4.51. The number of ether oxygens (including phenoxy) is 1. The quantitative estimate of drug-likeness (QED) is 0.487. The van der Waals surface area contributed by atoms with Gasteiger partial charge in [-0.3, -0.25) is 5.41 Å². The summed E-state index contributed by atoms with van der Waals surface area (Å²) in [6, 6.07) is 8.18. The van der Waals surface area contributed by atoms with Crippen molar-refractivity contribution in [1.82, 2.24) is 9.97 Å². The number of halogens is 1. The van der Waals surface area contributed by atoms with Gasteiger partial charge in [0.05, 0.1) is 17.7 Å². The topological polar surface area (TPSA) is 86.2 Å². The number of amidine groups is 1. The highest BCUT2D eigenvalue weighted by Gasteiger charge is 2.11. The van der Waals surface area contributed by atoms with E-state index in [0.29, 0.717) is 16.2 Å². The van der Waals surface area contributed by atoms with Gasteiger partial charge in [-0.15, -0.1) is 0 Å². The molecule has 1 aliphatic heterocycles. The highest BCUT2D eigenvalue weighted by molar-refractivity contribution is 9.10. The van der Waals surface area contributed by atoms with Gasteiger partial charge in [0.15, 0.2) is 5.82 Å². The summed E-state index contributed by atoms with van der Waals surface area (Å²) in [5.41, 5.74) is 3.12. The lowest BCUT2D eigenvalue weighted by molar-refractivity contribution is 0.122. The molecule has 3 rings (SSSR count). The van der Waals surface area contributed by atoms with Crippen LogP contribution in [0.1, 0.15) is 13.8 Å². The minimum Gasteiger partial charge on any atom is -0.378 e. The molecule has 1 fully saturated rings. The molecule has 3 N–H and O–H groups in total. The Morgan fingerprint density at radius 3 is 2.59 bits per heavy atom. The molecule has 1 aliphatic rings. The molecular formula is C19H23BrN6O. The summed E-state index contributed by atoms with van der Waals surface area (Å²) < 4.78 is 6.09. The Hall–Kier alpha value is -2.45. The van der Waals surface area contributed by atoms with Crippen molar-refractivity contribution in [2.75, 3.05) is 41.8 Å². The van der Waals surface area contributed by atoms with Gasteiger partial charge in [0, 0.05) is 30.7 Å². The molecule has 2 heterocycles. The standard InChI is InChI=1S/C19H23BrN6O/c1-13(2)11-17(21)24-18-16(20)12-22-19(25-18)23-14-3-5-15(6-4-14)26-7-9-27-10-8-26/h3-6,11-12H,7-10H2,1-2H3,(H3,21,22,23,24,25). The molecule has 0 amide bonds. The number of rotatable bonds is 5. The smallest absolute Gasteiger partial charge is 0.229 e. The molecule has 8 heteroatoms. The van der Waals surface area contributed by atoms with Gasteiger partial charge >= 0.3 is 0 Å². The molecule has 0 atom stereocenters. The van der Waals surface area contributed by atoms with E-state index < -0.39 is 0 Å². The number of nitrogens with one attached hydrogen (secondary N) is 3. The minimum atomic E-state index is 0.273. The zero-order valence-electron chi connectivity index (χ0n) is 15.4. The van der Waals surface area contributed by atoms with Crippen molar-refractivity contribution >= 4 is 44.9 Å². The van der Waals surface area contributed by atoms with Crippen LogP contribution >= 0.6 is 15.9 Å². The maximum atomic E-state index is 7.96. The Morgan fingerprint density at radius 2 is 1.93 bits per heavy atom. The molecule has 0 bridgehead atoms. The summed E-state index contributed by atoms with van der Waals surface area (Å²) >= 11 is 3.42. The lowest BCUT2D eigenvalue weighted by atomic mass is 10.2. The second-order valence-electron chi connectivity index (χ2n) is 6.42. The zero-order chi connectivity index (χ0) is 19.2. The first-order valence-electron chi connectivity index (χ1n) is 8.74. The number of hydrogen-bond acceptors (Lipinski definition) is 6. The molecule has 7 nitrogen and oxygen atoms in total. The molecule has 142 valence electrons. The molecule has 2 aromatic rings. The fourth-order valence-corrected chi connectivity index (χ4v) is 2.96. The lowest BCUT2D eigenvalue weighted by Crippen LogP contribution is -2.36. The van der Waals surface area contributed by atoms with Gasteiger partial charge in [0.2, 0.25) is 5.95 Å². The van der Waals surface area contributed by atoms with Crippen LogP contribution in [0, 0.1) is 5.41 Å². The average Bonchev–Trinajstić information content (AvgIpc) is 2.65. The van der Waals surface area contributed by atoms with E-state index in [1.165, 1.54) is 5.69 Å². The maximum absolute atomic E-state index is 7.96. The van der Waals surface area contributed by atoms with Crippen LogP contribution in [0.4, 0.5) is 23.1 Å².